The van der Waals surface area contributed by atoms with Crippen LogP contribution in [0.3, 0.4) is 0 Å². The molecule has 5 rings (SSSR count). The number of hydrogen-bond acceptors (Lipinski definition) is 11. The first-order chi connectivity index (χ1) is 18.1. The lowest BCUT2D eigenvalue weighted by atomic mass is 9.73. The number of nitrogens with two attached hydrogens (primary N) is 1. The number of carbonyl (C=O) groups is 3. The molecule has 6 atom stereocenters. The van der Waals surface area contributed by atoms with Crippen molar-refractivity contribution in [2.24, 2.45) is 11.7 Å². The van der Waals surface area contributed by atoms with Crippen molar-refractivity contribution in [3.63, 3.8) is 0 Å². The van der Waals surface area contributed by atoms with Gasteiger partial charge in [0.2, 0.25) is 5.78 Å². The Hall–Kier alpha value is -3.35. The highest BCUT2D eigenvalue weighted by Gasteiger charge is 2.45. The molecule has 0 saturated carbocycles. The highest BCUT2D eigenvalue weighted by Crippen LogP contribution is 2.51. The van der Waals surface area contributed by atoms with Crippen LogP contribution in [0.2, 0.25) is 0 Å². The Labute approximate surface area is 217 Å². The second-order valence-corrected chi connectivity index (χ2v) is 9.93. The Morgan fingerprint density at radius 3 is 2.47 bits per heavy atom. The molecule has 0 bridgehead atoms. The Balaban J connectivity index is 1.65. The predicted octanol–water partition coefficient (Wildman–Crippen LogP) is 0.886. The molecular formula is C27H29NO10. The molecular weight excluding hydrogens is 498 g/mol. The van der Waals surface area contributed by atoms with Crippen LogP contribution in [0, 0.1) is 5.92 Å². The van der Waals surface area contributed by atoms with Gasteiger partial charge in [0.1, 0.15) is 23.9 Å². The van der Waals surface area contributed by atoms with Gasteiger partial charge in [-0.25, -0.2) is 0 Å². The molecule has 38 heavy (non-hydrogen) atoms. The number of carbonyl (C=O) groups excluding carboxylic acids is 3. The van der Waals surface area contributed by atoms with Crippen molar-refractivity contribution >= 4 is 17.3 Å². The predicted molar refractivity (Wildman–Crippen MR) is 130 cm³/mol. The molecule has 1 saturated heterocycles. The van der Waals surface area contributed by atoms with E-state index in [4.69, 9.17) is 19.9 Å². The lowest BCUT2D eigenvalue weighted by Gasteiger charge is -2.40. The number of aliphatic hydroxyl groups excluding tert-OH is 2. The lowest BCUT2D eigenvalue weighted by Crippen LogP contribution is -2.52. The SMILES string of the molecule is COc1cccc2c1C(=O)c1c(O)c3c(c(O)c1C2=O)CC(C(=O)CO)C[C@@H]3O[C@H]1CC(N)[C@H](O)C(C)O1. The second kappa shape index (κ2) is 9.75. The molecule has 2 aliphatic carbocycles. The summed E-state index contributed by atoms with van der Waals surface area (Å²) >= 11 is 0. The maximum atomic E-state index is 13.6. The summed E-state index contributed by atoms with van der Waals surface area (Å²) in [6, 6.07) is 3.83. The minimum Gasteiger partial charge on any atom is -0.507 e. The molecule has 2 aromatic rings. The van der Waals surface area contributed by atoms with Gasteiger partial charge in [-0.3, -0.25) is 14.4 Å². The third kappa shape index (κ3) is 3.98. The number of methoxy groups -OCH3 is 1. The Morgan fingerprint density at radius 1 is 1.11 bits per heavy atom. The van der Waals surface area contributed by atoms with E-state index in [1.807, 2.05) is 0 Å². The van der Waals surface area contributed by atoms with Gasteiger partial charge in [-0.15, -0.1) is 0 Å². The van der Waals surface area contributed by atoms with Crippen molar-refractivity contribution in [2.45, 2.75) is 56.8 Å². The number of fused-ring (bicyclic) bond motifs is 3. The van der Waals surface area contributed by atoms with Crippen LogP contribution in [-0.2, 0) is 20.7 Å². The largest absolute Gasteiger partial charge is 0.507 e. The number of phenols is 2. The fourth-order valence-electron chi connectivity index (χ4n) is 5.73. The Morgan fingerprint density at radius 2 is 1.82 bits per heavy atom. The van der Waals surface area contributed by atoms with Crippen LogP contribution in [0.15, 0.2) is 18.2 Å². The van der Waals surface area contributed by atoms with E-state index in [-0.39, 0.29) is 58.4 Å². The first-order valence-corrected chi connectivity index (χ1v) is 12.3. The van der Waals surface area contributed by atoms with Gasteiger partial charge in [-0.2, -0.15) is 0 Å². The summed E-state index contributed by atoms with van der Waals surface area (Å²) in [6.45, 7) is 0.880. The van der Waals surface area contributed by atoms with E-state index in [1.54, 1.807) is 6.92 Å². The molecule has 1 heterocycles. The van der Waals surface area contributed by atoms with Gasteiger partial charge in [-0.1, -0.05) is 12.1 Å². The smallest absolute Gasteiger partial charge is 0.202 e. The van der Waals surface area contributed by atoms with E-state index in [1.165, 1.54) is 25.3 Å². The van der Waals surface area contributed by atoms with Crippen molar-refractivity contribution in [3.8, 4) is 17.2 Å². The molecule has 202 valence electrons. The topological polar surface area (TPSA) is 186 Å². The molecule has 0 amide bonds. The zero-order valence-corrected chi connectivity index (χ0v) is 20.8. The monoisotopic (exact) mass is 527 g/mol. The highest BCUT2D eigenvalue weighted by atomic mass is 16.7. The minimum atomic E-state index is -1.06. The molecule has 3 unspecified atom stereocenters. The average Bonchev–Trinajstić information content (AvgIpc) is 2.90. The first kappa shape index (κ1) is 26.3. The number of ether oxygens (including phenoxy) is 3. The summed E-state index contributed by atoms with van der Waals surface area (Å²) < 4.78 is 17.2. The van der Waals surface area contributed by atoms with E-state index in [2.05, 4.69) is 0 Å². The van der Waals surface area contributed by atoms with Crippen LogP contribution in [0.1, 0.15) is 68.8 Å². The first-order valence-electron chi connectivity index (χ1n) is 12.3. The average molecular weight is 528 g/mol. The van der Waals surface area contributed by atoms with Gasteiger partial charge in [-0.05, 0) is 25.8 Å². The molecule has 0 spiro atoms. The summed E-state index contributed by atoms with van der Waals surface area (Å²) in [5, 5.41) is 42.4. The van der Waals surface area contributed by atoms with Crippen molar-refractivity contribution in [1.29, 1.82) is 0 Å². The summed E-state index contributed by atoms with van der Waals surface area (Å²) in [6.07, 6.45) is -3.54. The number of benzene rings is 2. The summed E-state index contributed by atoms with van der Waals surface area (Å²) in [5.41, 5.74) is 5.39. The van der Waals surface area contributed by atoms with Crippen LogP contribution in [0.4, 0.5) is 0 Å². The van der Waals surface area contributed by atoms with Crippen LogP contribution in [0.5, 0.6) is 17.2 Å². The summed E-state index contributed by atoms with van der Waals surface area (Å²) in [5.74, 6) is -3.64. The normalized spacial score (nSPS) is 28.3. The fraction of sp³-hybridized carbons (Fsp3) is 0.444. The standard InChI is InChI=1S/C27H29NO10/c1-10-23(31)14(28)8-18(37-10)38-17-7-11(15(30)9-29)6-13-20(17)27(35)22-21(25(13)33)24(32)12-4-3-5-16(36-2)19(12)26(22)34/h3-5,10-11,14,17-18,23,29,31,33,35H,6-9,28H2,1-2H3/t10?,11?,14?,17-,18-,23+/m0/s1. The molecule has 6 N–H and O–H groups in total. The van der Waals surface area contributed by atoms with Crippen LogP contribution < -0.4 is 10.5 Å². The third-order valence-corrected chi connectivity index (χ3v) is 7.71. The lowest BCUT2D eigenvalue weighted by molar-refractivity contribution is -0.243. The van der Waals surface area contributed by atoms with E-state index < -0.39 is 72.0 Å². The molecule has 0 aromatic heterocycles. The molecule has 11 nitrogen and oxygen atoms in total. The van der Waals surface area contributed by atoms with E-state index in [9.17, 15) is 34.8 Å². The highest BCUT2D eigenvalue weighted by molar-refractivity contribution is 6.31. The van der Waals surface area contributed by atoms with Crippen molar-refractivity contribution in [2.75, 3.05) is 13.7 Å². The number of aromatic hydroxyl groups is 2. The van der Waals surface area contributed by atoms with Crippen molar-refractivity contribution in [1.82, 2.24) is 0 Å². The second-order valence-electron chi connectivity index (χ2n) is 9.93. The molecule has 2 aromatic carbocycles. The number of hydrogen-bond donors (Lipinski definition) is 5. The third-order valence-electron chi connectivity index (χ3n) is 7.71. The number of ketones is 3. The molecule has 3 aliphatic rings. The Kier molecular flexibility index (Phi) is 6.74. The maximum Gasteiger partial charge on any atom is 0.202 e. The van der Waals surface area contributed by atoms with Gasteiger partial charge in [0, 0.05) is 35.1 Å². The van der Waals surface area contributed by atoms with Gasteiger partial charge in [0.15, 0.2) is 17.9 Å². The summed E-state index contributed by atoms with van der Waals surface area (Å²) in [4.78, 5) is 39.6. The summed E-state index contributed by atoms with van der Waals surface area (Å²) in [7, 11) is 1.35. The van der Waals surface area contributed by atoms with Crippen LogP contribution >= 0.6 is 0 Å². The molecule has 0 radical (unpaired) electrons. The fourth-order valence-corrected chi connectivity index (χ4v) is 5.73. The van der Waals surface area contributed by atoms with E-state index in [0.717, 1.165) is 0 Å². The maximum absolute atomic E-state index is 13.6. The van der Waals surface area contributed by atoms with Crippen LogP contribution in [0.25, 0.3) is 0 Å². The van der Waals surface area contributed by atoms with Gasteiger partial charge in [0.25, 0.3) is 0 Å². The quantitative estimate of drug-likeness (QED) is 0.297. The van der Waals surface area contributed by atoms with Crippen molar-refractivity contribution < 1.29 is 49.0 Å². The number of Topliss-reactive ketones (excluding diaryl/α,β-unsaturated/α-hetero) is 1. The van der Waals surface area contributed by atoms with Crippen LogP contribution in [-0.4, -0.2) is 76.0 Å². The number of rotatable bonds is 5. The minimum absolute atomic E-state index is 0.00621. The van der Waals surface area contributed by atoms with E-state index >= 15 is 0 Å². The number of aliphatic hydroxyl groups is 2. The van der Waals surface area contributed by atoms with Gasteiger partial charge >= 0.3 is 0 Å². The van der Waals surface area contributed by atoms with Crippen molar-refractivity contribution in [3.05, 3.63) is 51.6 Å². The van der Waals surface area contributed by atoms with E-state index in [0.29, 0.717) is 0 Å². The zero-order chi connectivity index (χ0) is 27.5. The zero-order valence-electron chi connectivity index (χ0n) is 20.8. The van der Waals surface area contributed by atoms with Gasteiger partial charge in [0.05, 0.1) is 42.1 Å². The molecule has 1 fully saturated rings. The molecule has 11 heteroatoms. The molecule has 1 aliphatic heterocycles. The number of phenolic OH excluding ortho intramolecular Hbond substituents is 2. The Bertz CT molecular complexity index is 1330. The van der Waals surface area contributed by atoms with Gasteiger partial charge < -0.3 is 40.4 Å².